The van der Waals surface area contributed by atoms with Crippen LogP contribution in [0.25, 0.3) is 0 Å². The number of nitrogens with one attached hydrogen (secondary N) is 1. The van der Waals surface area contributed by atoms with Gasteiger partial charge in [0.15, 0.2) is 0 Å². The number of carbonyl (C=O) groups excluding carboxylic acids is 1. The van der Waals surface area contributed by atoms with Crippen molar-refractivity contribution >= 4 is 5.97 Å². The molecule has 0 bridgehead atoms. The van der Waals surface area contributed by atoms with Crippen LogP contribution in [-0.4, -0.2) is 48.7 Å². The summed E-state index contributed by atoms with van der Waals surface area (Å²) in [5.74, 6) is -0.129. The first-order valence-electron chi connectivity index (χ1n) is 8.37. The molecule has 21 heavy (non-hydrogen) atoms. The van der Waals surface area contributed by atoms with Gasteiger partial charge in [0.05, 0.1) is 6.61 Å². The Morgan fingerprint density at radius 3 is 2.29 bits per heavy atom. The molecular formula is C17H36N2O2. The first kappa shape index (κ1) is 20.4. The van der Waals surface area contributed by atoms with Crippen molar-refractivity contribution in [1.82, 2.24) is 10.2 Å². The molecule has 0 aliphatic carbocycles. The van der Waals surface area contributed by atoms with E-state index >= 15 is 0 Å². The molecule has 126 valence electrons. The standard InChI is InChI=1S/C17H36N2O2/c1-8-13-18-17(6,15(20)21-10-3)12-11-14-19(7)16(4,5)9-2/h18H,8-14H2,1-7H3. The molecule has 0 saturated heterocycles. The van der Waals surface area contributed by atoms with Crippen LogP contribution in [-0.2, 0) is 9.53 Å². The minimum absolute atomic E-state index is 0.129. The van der Waals surface area contributed by atoms with Crippen LogP contribution in [0.15, 0.2) is 0 Å². The van der Waals surface area contributed by atoms with Gasteiger partial charge < -0.3 is 15.0 Å². The molecule has 0 amide bonds. The summed E-state index contributed by atoms with van der Waals surface area (Å²) >= 11 is 0. The van der Waals surface area contributed by atoms with Crippen LogP contribution in [0.3, 0.4) is 0 Å². The Morgan fingerprint density at radius 2 is 1.81 bits per heavy atom. The third kappa shape index (κ3) is 6.79. The Balaban J connectivity index is 4.52. The van der Waals surface area contributed by atoms with Gasteiger partial charge in [0.25, 0.3) is 0 Å². The zero-order valence-corrected chi connectivity index (χ0v) is 15.2. The molecule has 1 atom stereocenters. The lowest BCUT2D eigenvalue weighted by Gasteiger charge is -2.36. The van der Waals surface area contributed by atoms with Crippen molar-refractivity contribution in [2.75, 3.05) is 26.7 Å². The van der Waals surface area contributed by atoms with E-state index in [1.165, 1.54) is 0 Å². The molecular weight excluding hydrogens is 264 g/mol. The molecule has 1 N–H and O–H groups in total. The van der Waals surface area contributed by atoms with Crippen molar-refractivity contribution in [2.45, 2.75) is 78.3 Å². The molecule has 0 radical (unpaired) electrons. The number of hydrogen-bond donors (Lipinski definition) is 1. The number of nitrogens with zero attached hydrogens (tertiary/aromatic N) is 1. The van der Waals surface area contributed by atoms with Crippen LogP contribution in [0.5, 0.6) is 0 Å². The fourth-order valence-electron chi connectivity index (χ4n) is 2.20. The number of ether oxygens (including phenoxy) is 1. The molecule has 1 unspecified atom stereocenters. The van der Waals surface area contributed by atoms with E-state index < -0.39 is 5.54 Å². The highest BCUT2D eigenvalue weighted by molar-refractivity contribution is 5.80. The fraction of sp³-hybridized carbons (Fsp3) is 0.941. The van der Waals surface area contributed by atoms with Gasteiger partial charge in [-0.2, -0.15) is 0 Å². The summed E-state index contributed by atoms with van der Waals surface area (Å²) in [6, 6.07) is 0. The van der Waals surface area contributed by atoms with E-state index in [-0.39, 0.29) is 11.5 Å². The Kier molecular flexibility index (Phi) is 9.14. The highest BCUT2D eigenvalue weighted by Crippen LogP contribution is 2.20. The van der Waals surface area contributed by atoms with Crippen LogP contribution in [0.1, 0.15) is 67.2 Å². The molecule has 0 aromatic rings. The number of hydrogen-bond acceptors (Lipinski definition) is 4. The zero-order chi connectivity index (χ0) is 16.5. The SMILES string of the molecule is CCCNC(C)(CCCN(C)C(C)(C)CC)C(=O)OCC. The molecule has 0 aromatic heterocycles. The monoisotopic (exact) mass is 300 g/mol. The van der Waals surface area contributed by atoms with Crippen molar-refractivity contribution in [3.8, 4) is 0 Å². The quantitative estimate of drug-likeness (QED) is 0.595. The van der Waals surface area contributed by atoms with Gasteiger partial charge in [-0.25, -0.2) is 0 Å². The molecule has 4 heteroatoms. The maximum absolute atomic E-state index is 12.2. The van der Waals surface area contributed by atoms with Crippen molar-refractivity contribution in [1.29, 1.82) is 0 Å². The Hall–Kier alpha value is -0.610. The molecule has 0 aliphatic rings. The Bertz CT molecular complexity index is 305. The molecule has 0 heterocycles. The van der Waals surface area contributed by atoms with Crippen molar-refractivity contribution in [3.63, 3.8) is 0 Å². The number of rotatable bonds is 11. The second-order valence-corrected chi connectivity index (χ2v) is 6.67. The first-order valence-corrected chi connectivity index (χ1v) is 8.37. The van der Waals surface area contributed by atoms with Gasteiger partial charge in [0, 0.05) is 5.54 Å². The lowest BCUT2D eigenvalue weighted by molar-refractivity contribution is -0.150. The maximum Gasteiger partial charge on any atom is 0.326 e. The molecule has 0 spiro atoms. The van der Waals surface area contributed by atoms with Gasteiger partial charge in [0.1, 0.15) is 5.54 Å². The Labute approximate surface area is 131 Å². The van der Waals surface area contributed by atoms with Gasteiger partial charge >= 0.3 is 5.97 Å². The van der Waals surface area contributed by atoms with Gasteiger partial charge in [-0.05, 0) is 73.5 Å². The molecule has 4 nitrogen and oxygen atoms in total. The lowest BCUT2D eigenvalue weighted by Crippen LogP contribution is -2.51. The van der Waals surface area contributed by atoms with E-state index in [0.717, 1.165) is 38.8 Å². The van der Waals surface area contributed by atoms with Gasteiger partial charge in [-0.1, -0.05) is 13.8 Å². The average Bonchev–Trinajstić information content (AvgIpc) is 2.45. The Morgan fingerprint density at radius 1 is 1.19 bits per heavy atom. The first-order chi connectivity index (χ1) is 9.73. The van der Waals surface area contributed by atoms with E-state index in [0.29, 0.717) is 6.61 Å². The van der Waals surface area contributed by atoms with E-state index in [4.69, 9.17) is 4.74 Å². The lowest BCUT2D eigenvalue weighted by atomic mass is 9.94. The van der Waals surface area contributed by atoms with E-state index in [9.17, 15) is 4.79 Å². The van der Waals surface area contributed by atoms with Crippen LogP contribution in [0, 0.1) is 0 Å². The maximum atomic E-state index is 12.2. The minimum Gasteiger partial charge on any atom is -0.465 e. The summed E-state index contributed by atoms with van der Waals surface area (Å²) in [7, 11) is 2.16. The summed E-state index contributed by atoms with van der Waals surface area (Å²) in [4.78, 5) is 14.6. The highest BCUT2D eigenvalue weighted by atomic mass is 16.5. The second-order valence-electron chi connectivity index (χ2n) is 6.67. The summed E-state index contributed by atoms with van der Waals surface area (Å²) in [6.45, 7) is 14.9. The van der Waals surface area contributed by atoms with E-state index in [1.54, 1.807) is 0 Å². The second kappa shape index (κ2) is 9.42. The largest absolute Gasteiger partial charge is 0.465 e. The number of esters is 1. The zero-order valence-electron chi connectivity index (χ0n) is 15.2. The van der Waals surface area contributed by atoms with E-state index in [2.05, 4.69) is 45.0 Å². The van der Waals surface area contributed by atoms with Crippen LogP contribution in [0.2, 0.25) is 0 Å². The van der Waals surface area contributed by atoms with Crippen molar-refractivity contribution in [2.24, 2.45) is 0 Å². The van der Waals surface area contributed by atoms with Gasteiger partial charge in [-0.3, -0.25) is 4.79 Å². The van der Waals surface area contributed by atoms with E-state index in [1.807, 2.05) is 13.8 Å². The summed E-state index contributed by atoms with van der Waals surface area (Å²) in [5.41, 5.74) is -0.361. The summed E-state index contributed by atoms with van der Waals surface area (Å²) in [6.07, 6.45) is 3.91. The van der Waals surface area contributed by atoms with Crippen LogP contribution in [0.4, 0.5) is 0 Å². The molecule has 0 saturated carbocycles. The molecule has 0 aromatic carbocycles. The smallest absolute Gasteiger partial charge is 0.326 e. The highest BCUT2D eigenvalue weighted by Gasteiger charge is 2.33. The summed E-state index contributed by atoms with van der Waals surface area (Å²) in [5, 5.41) is 3.36. The average molecular weight is 300 g/mol. The third-order valence-corrected chi connectivity index (χ3v) is 4.56. The third-order valence-electron chi connectivity index (χ3n) is 4.56. The topological polar surface area (TPSA) is 41.6 Å². The van der Waals surface area contributed by atoms with Gasteiger partial charge in [-0.15, -0.1) is 0 Å². The number of carbonyl (C=O) groups is 1. The fourth-order valence-corrected chi connectivity index (χ4v) is 2.20. The molecule has 0 aliphatic heterocycles. The molecule has 0 fully saturated rings. The van der Waals surface area contributed by atoms with Crippen molar-refractivity contribution < 1.29 is 9.53 Å². The minimum atomic E-state index is -0.566. The van der Waals surface area contributed by atoms with Crippen LogP contribution < -0.4 is 5.32 Å². The predicted octanol–water partition coefficient (Wildman–Crippen LogP) is 3.21. The van der Waals surface area contributed by atoms with Crippen LogP contribution >= 0.6 is 0 Å². The predicted molar refractivity (Wildman–Crippen MR) is 89.6 cm³/mol. The normalized spacial score (nSPS) is 15.0. The molecule has 0 rings (SSSR count). The summed E-state index contributed by atoms with van der Waals surface area (Å²) < 4.78 is 5.24. The van der Waals surface area contributed by atoms with Gasteiger partial charge in [0.2, 0.25) is 0 Å². The van der Waals surface area contributed by atoms with Crippen molar-refractivity contribution in [3.05, 3.63) is 0 Å².